The van der Waals surface area contributed by atoms with Crippen LogP contribution in [0.25, 0.3) is 0 Å². The van der Waals surface area contributed by atoms with Crippen LogP contribution >= 0.6 is 23.2 Å². The molecule has 3 rings (SSSR count). The van der Waals surface area contributed by atoms with Gasteiger partial charge in [-0.1, -0.05) is 61.3 Å². The molecule has 1 saturated heterocycles. The molecular formula is C25H29Cl2NO4. The Kier molecular flexibility index (Phi) is 7.86. The van der Waals surface area contributed by atoms with Crippen molar-refractivity contribution in [3.05, 3.63) is 69.7 Å². The summed E-state index contributed by atoms with van der Waals surface area (Å²) < 4.78 is 5.03. The fourth-order valence-corrected chi connectivity index (χ4v) is 5.37. The number of aliphatic hydroxyl groups is 1. The zero-order valence-electron chi connectivity index (χ0n) is 18.5. The predicted molar refractivity (Wildman–Crippen MR) is 126 cm³/mol. The van der Waals surface area contributed by atoms with Crippen LogP contribution in [0.1, 0.15) is 49.8 Å². The van der Waals surface area contributed by atoms with Crippen molar-refractivity contribution < 1.29 is 19.4 Å². The molecule has 0 saturated carbocycles. The maximum atomic E-state index is 13.7. The Morgan fingerprint density at radius 2 is 1.84 bits per heavy atom. The van der Waals surface area contributed by atoms with Crippen molar-refractivity contribution in [2.24, 2.45) is 17.3 Å². The number of piperidine rings is 1. The third-order valence-electron chi connectivity index (χ3n) is 6.94. The van der Waals surface area contributed by atoms with E-state index in [2.05, 4.69) is 5.32 Å². The first-order valence-electron chi connectivity index (χ1n) is 10.7. The molecule has 5 atom stereocenters. The molecule has 2 N–H and O–H groups in total. The molecule has 7 heteroatoms. The van der Waals surface area contributed by atoms with Crippen LogP contribution in [0.15, 0.2) is 48.5 Å². The van der Waals surface area contributed by atoms with E-state index in [-0.39, 0.29) is 30.4 Å². The van der Waals surface area contributed by atoms with Gasteiger partial charge in [-0.2, -0.15) is 0 Å². The number of methoxy groups -OCH3 is 1. The molecule has 1 aliphatic rings. The molecule has 1 amide bonds. The molecule has 172 valence electrons. The SMILES string of the molecule is COC(=O)C(C)[C@@]1([C@@H](C)CCO)C[C@H](c2cccc(Cl)c2)[C@@H](c2ccc(Cl)cc2)NC1=O. The number of rotatable bonds is 7. The van der Waals surface area contributed by atoms with Gasteiger partial charge in [-0.05, 0) is 54.2 Å². The highest BCUT2D eigenvalue weighted by Gasteiger charge is 2.56. The minimum Gasteiger partial charge on any atom is -0.469 e. The van der Waals surface area contributed by atoms with E-state index in [4.69, 9.17) is 27.9 Å². The average molecular weight is 478 g/mol. The number of nitrogens with one attached hydrogen (secondary N) is 1. The number of aliphatic hydroxyl groups excluding tert-OH is 1. The highest BCUT2D eigenvalue weighted by Crippen LogP contribution is 2.53. The average Bonchev–Trinajstić information content (AvgIpc) is 2.78. The van der Waals surface area contributed by atoms with E-state index in [0.717, 1.165) is 11.1 Å². The van der Waals surface area contributed by atoms with Crippen molar-refractivity contribution in [2.75, 3.05) is 13.7 Å². The lowest BCUT2D eigenvalue weighted by molar-refractivity contribution is -0.162. The molecule has 1 heterocycles. The smallest absolute Gasteiger partial charge is 0.309 e. The lowest BCUT2D eigenvalue weighted by Gasteiger charge is -2.49. The van der Waals surface area contributed by atoms with Gasteiger partial charge in [0.2, 0.25) is 5.91 Å². The fraction of sp³-hybridized carbons (Fsp3) is 0.440. The molecule has 2 aromatic rings. The number of carbonyl (C=O) groups is 2. The summed E-state index contributed by atoms with van der Waals surface area (Å²) in [5.74, 6) is -1.76. The standard InChI is InChI=1S/C25H29Cl2NO4/c1-15(11-12-29)25(16(2)23(30)32-3)14-21(18-5-4-6-20(27)13-18)22(28-24(25)31)17-7-9-19(26)10-8-17/h4-10,13,15-16,21-22,29H,11-12,14H2,1-3H3,(H,28,31)/t15-,16?,21+,22+,25-/m0/s1. The van der Waals surface area contributed by atoms with Gasteiger partial charge in [-0.3, -0.25) is 9.59 Å². The zero-order valence-corrected chi connectivity index (χ0v) is 20.0. The van der Waals surface area contributed by atoms with Crippen molar-refractivity contribution in [3.8, 4) is 0 Å². The van der Waals surface area contributed by atoms with Gasteiger partial charge in [0.25, 0.3) is 0 Å². The molecule has 0 spiro atoms. The second-order valence-corrected chi connectivity index (χ2v) is 9.44. The number of esters is 1. The molecule has 1 fully saturated rings. The van der Waals surface area contributed by atoms with Gasteiger partial charge < -0.3 is 15.2 Å². The van der Waals surface area contributed by atoms with Crippen molar-refractivity contribution in [1.82, 2.24) is 5.32 Å². The summed E-state index contributed by atoms with van der Waals surface area (Å²) in [5, 5.41) is 14.1. The van der Waals surface area contributed by atoms with Crippen LogP contribution in [0, 0.1) is 17.3 Å². The first kappa shape index (κ1) is 24.6. The molecule has 0 bridgehead atoms. The molecule has 32 heavy (non-hydrogen) atoms. The van der Waals surface area contributed by atoms with Crippen LogP contribution in [-0.2, 0) is 14.3 Å². The van der Waals surface area contributed by atoms with E-state index in [1.165, 1.54) is 7.11 Å². The molecular weight excluding hydrogens is 449 g/mol. The zero-order chi connectivity index (χ0) is 23.5. The summed E-state index contributed by atoms with van der Waals surface area (Å²) in [5.41, 5.74) is 0.836. The number of hydrogen-bond acceptors (Lipinski definition) is 4. The highest BCUT2D eigenvalue weighted by molar-refractivity contribution is 6.30. The van der Waals surface area contributed by atoms with Gasteiger partial charge in [0.15, 0.2) is 0 Å². The van der Waals surface area contributed by atoms with Gasteiger partial charge in [0.1, 0.15) is 0 Å². The van der Waals surface area contributed by atoms with Crippen molar-refractivity contribution >= 4 is 35.1 Å². The van der Waals surface area contributed by atoms with Crippen LogP contribution in [-0.4, -0.2) is 30.7 Å². The normalized spacial score (nSPS) is 25.0. The topological polar surface area (TPSA) is 75.6 Å². The van der Waals surface area contributed by atoms with Gasteiger partial charge in [-0.25, -0.2) is 0 Å². The quantitative estimate of drug-likeness (QED) is 0.540. The second-order valence-electron chi connectivity index (χ2n) is 8.57. The first-order valence-corrected chi connectivity index (χ1v) is 11.5. The summed E-state index contributed by atoms with van der Waals surface area (Å²) in [6.07, 6.45) is 0.798. The van der Waals surface area contributed by atoms with Crippen molar-refractivity contribution in [1.29, 1.82) is 0 Å². The van der Waals surface area contributed by atoms with Crippen LogP contribution in [0.3, 0.4) is 0 Å². The minimum atomic E-state index is -1.05. The third-order valence-corrected chi connectivity index (χ3v) is 7.43. The third kappa shape index (κ3) is 4.66. The largest absolute Gasteiger partial charge is 0.469 e. The van der Waals surface area contributed by atoms with Crippen LogP contribution in [0.5, 0.6) is 0 Å². The van der Waals surface area contributed by atoms with Crippen molar-refractivity contribution in [2.45, 2.75) is 38.6 Å². The Labute approximate surface area is 199 Å². The Bertz CT molecular complexity index is 965. The molecule has 5 nitrogen and oxygen atoms in total. The predicted octanol–water partition coefficient (Wildman–Crippen LogP) is 5.15. The Hall–Kier alpha value is -2.08. The maximum Gasteiger partial charge on any atom is 0.309 e. The lowest BCUT2D eigenvalue weighted by atomic mass is 9.57. The van der Waals surface area contributed by atoms with E-state index < -0.39 is 17.3 Å². The number of halogens is 2. The minimum absolute atomic E-state index is 0.0769. The molecule has 0 aromatic heterocycles. The van der Waals surface area contributed by atoms with Gasteiger partial charge >= 0.3 is 5.97 Å². The van der Waals surface area contributed by atoms with E-state index >= 15 is 0 Å². The molecule has 2 aromatic carbocycles. The van der Waals surface area contributed by atoms with Gasteiger partial charge in [-0.15, -0.1) is 0 Å². The first-order chi connectivity index (χ1) is 15.2. The van der Waals surface area contributed by atoms with E-state index in [1.807, 2.05) is 43.3 Å². The van der Waals surface area contributed by atoms with Gasteiger partial charge in [0.05, 0.1) is 24.5 Å². The fourth-order valence-electron chi connectivity index (χ4n) is 5.05. The maximum absolute atomic E-state index is 13.7. The highest BCUT2D eigenvalue weighted by atomic mass is 35.5. The van der Waals surface area contributed by atoms with E-state index in [1.54, 1.807) is 19.1 Å². The number of carbonyl (C=O) groups excluding carboxylic acids is 2. The van der Waals surface area contributed by atoms with Crippen LogP contribution in [0.2, 0.25) is 10.0 Å². The molecule has 1 aliphatic heterocycles. The Morgan fingerprint density at radius 1 is 1.16 bits per heavy atom. The monoisotopic (exact) mass is 477 g/mol. The molecule has 1 unspecified atom stereocenters. The number of hydrogen-bond donors (Lipinski definition) is 2. The summed E-state index contributed by atoms with van der Waals surface area (Å²) >= 11 is 12.4. The summed E-state index contributed by atoms with van der Waals surface area (Å²) in [6.45, 7) is 3.57. The van der Waals surface area contributed by atoms with Crippen LogP contribution < -0.4 is 5.32 Å². The number of benzene rings is 2. The Morgan fingerprint density at radius 3 is 2.44 bits per heavy atom. The summed E-state index contributed by atoms with van der Waals surface area (Å²) in [7, 11) is 1.33. The van der Waals surface area contributed by atoms with E-state index in [9.17, 15) is 14.7 Å². The summed E-state index contributed by atoms with van der Waals surface area (Å²) in [6, 6.07) is 14.7. The number of ether oxygens (including phenoxy) is 1. The number of amides is 1. The Balaban J connectivity index is 2.15. The molecule has 0 radical (unpaired) electrons. The summed E-state index contributed by atoms with van der Waals surface area (Å²) in [4.78, 5) is 26.4. The second kappa shape index (κ2) is 10.2. The van der Waals surface area contributed by atoms with Crippen LogP contribution in [0.4, 0.5) is 0 Å². The van der Waals surface area contributed by atoms with Crippen molar-refractivity contribution in [3.63, 3.8) is 0 Å². The van der Waals surface area contributed by atoms with E-state index in [0.29, 0.717) is 22.9 Å². The molecule has 0 aliphatic carbocycles. The lowest BCUT2D eigenvalue weighted by Crippen LogP contribution is -2.58. The van der Waals surface area contributed by atoms with Gasteiger partial charge in [0, 0.05) is 22.6 Å².